The van der Waals surface area contributed by atoms with Crippen LogP contribution >= 0.6 is 0 Å². The summed E-state index contributed by atoms with van der Waals surface area (Å²) in [4.78, 5) is 4.22. The first-order chi connectivity index (χ1) is 4.31. The minimum atomic E-state index is 0.473. The molecule has 0 saturated heterocycles. The number of hydrogen-bond donors (Lipinski definition) is 0. The quantitative estimate of drug-likeness (QED) is 0.514. The van der Waals surface area contributed by atoms with Crippen LogP contribution in [0.1, 0.15) is 27.2 Å². The standard InChI is InChI=1S/C8H15N/c1-4-6-7-9-8(3)5-2/h4,6-8H,5H2,1-3H3/b6-4+,9-7?. The van der Waals surface area contributed by atoms with Crippen molar-refractivity contribution >= 4 is 6.21 Å². The van der Waals surface area contributed by atoms with Crippen LogP contribution in [0.2, 0.25) is 0 Å². The van der Waals surface area contributed by atoms with Crippen LogP contribution < -0.4 is 0 Å². The van der Waals surface area contributed by atoms with Gasteiger partial charge in [0.25, 0.3) is 0 Å². The zero-order chi connectivity index (χ0) is 7.11. The zero-order valence-corrected chi connectivity index (χ0v) is 6.46. The van der Waals surface area contributed by atoms with E-state index < -0.39 is 0 Å². The Balaban J connectivity index is 3.43. The molecule has 0 fully saturated rings. The highest BCUT2D eigenvalue weighted by Gasteiger charge is 1.87. The molecule has 52 valence electrons. The lowest BCUT2D eigenvalue weighted by atomic mass is 10.3. The molecule has 0 bridgehead atoms. The summed E-state index contributed by atoms with van der Waals surface area (Å²) in [5.41, 5.74) is 0. The van der Waals surface area contributed by atoms with Crippen molar-refractivity contribution in [3.05, 3.63) is 12.2 Å². The molecule has 0 aliphatic carbocycles. The van der Waals surface area contributed by atoms with Crippen molar-refractivity contribution in [1.29, 1.82) is 0 Å². The molecule has 0 aliphatic rings. The lowest BCUT2D eigenvalue weighted by Gasteiger charge is -1.96. The summed E-state index contributed by atoms with van der Waals surface area (Å²) in [5, 5.41) is 0. The smallest absolute Gasteiger partial charge is 0.0468 e. The van der Waals surface area contributed by atoms with Crippen molar-refractivity contribution in [3.8, 4) is 0 Å². The van der Waals surface area contributed by atoms with E-state index in [0.29, 0.717) is 6.04 Å². The molecule has 0 heterocycles. The fourth-order valence-electron chi connectivity index (χ4n) is 0.388. The van der Waals surface area contributed by atoms with E-state index in [1.165, 1.54) is 0 Å². The van der Waals surface area contributed by atoms with Gasteiger partial charge in [-0.2, -0.15) is 0 Å². The summed E-state index contributed by atoms with van der Waals surface area (Å²) in [7, 11) is 0. The summed E-state index contributed by atoms with van der Waals surface area (Å²) < 4.78 is 0. The molecule has 0 N–H and O–H groups in total. The van der Waals surface area contributed by atoms with Crippen LogP contribution in [0.15, 0.2) is 17.1 Å². The molecule has 0 aromatic carbocycles. The number of allylic oxidation sites excluding steroid dienone is 2. The molecule has 0 rings (SSSR count). The van der Waals surface area contributed by atoms with Crippen LogP contribution in [0.3, 0.4) is 0 Å². The molecule has 1 nitrogen and oxygen atoms in total. The second-order valence-electron chi connectivity index (χ2n) is 2.08. The van der Waals surface area contributed by atoms with Gasteiger partial charge in [-0.05, 0) is 26.3 Å². The minimum Gasteiger partial charge on any atom is -0.290 e. The van der Waals surface area contributed by atoms with Crippen molar-refractivity contribution in [2.24, 2.45) is 4.99 Å². The first-order valence-corrected chi connectivity index (χ1v) is 3.45. The third kappa shape index (κ3) is 5.28. The van der Waals surface area contributed by atoms with Crippen molar-refractivity contribution in [2.75, 3.05) is 0 Å². The Bertz CT molecular complexity index is 103. The van der Waals surface area contributed by atoms with E-state index in [-0.39, 0.29) is 0 Å². The second kappa shape index (κ2) is 5.54. The molecule has 0 aliphatic heterocycles. The van der Waals surface area contributed by atoms with Crippen LogP contribution in [-0.2, 0) is 0 Å². The number of rotatable bonds is 3. The van der Waals surface area contributed by atoms with Gasteiger partial charge in [-0.3, -0.25) is 4.99 Å². The predicted octanol–water partition coefficient (Wildman–Crippen LogP) is 2.43. The lowest BCUT2D eigenvalue weighted by molar-refractivity contribution is 0.721. The lowest BCUT2D eigenvalue weighted by Crippen LogP contribution is -1.92. The van der Waals surface area contributed by atoms with Gasteiger partial charge >= 0.3 is 0 Å². The van der Waals surface area contributed by atoms with Gasteiger partial charge in [0, 0.05) is 12.3 Å². The van der Waals surface area contributed by atoms with Crippen LogP contribution in [0.4, 0.5) is 0 Å². The summed E-state index contributed by atoms with van der Waals surface area (Å²) in [5.74, 6) is 0. The topological polar surface area (TPSA) is 12.4 Å². The Morgan fingerprint density at radius 1 is 1.56 bits per heavy atom. The van der Waals surface area contributed by atoms with Crippen molar-refractivity contribution < 1.29 is 0 Å². The molecule has 1 atom stereocenters. The fraction of sp³-hybridized carbons (Fsp3) is 0.625. The molecule has 0 amide bonds. The van der Waals surface area contributed by atoms with E-state index in [1.54, 1.807) is 0 Å². The highest BCUT2D eigenvalue weighted by Crippen LogP contribution is 1.92. The maximum absolute atomic E-state index is 4.22. The summed E-state index contributed by atoms with van der Waals surface area (Å²) in [6.07, 6.45) is 6.90. The highest BCUT2D eigenvalue weighted by molar-refractivity contribution is 5.70. The van der Waals surface area contributed by atoms with E-state index in [9.17, 15) is 0 Å². The molecule has 0 saturated carbocycles. The Morgan fingerprint density at radius 2 is 2.22 bits per heavy atom. The normalized spacial score (nSPS) is 15.4. The maximum atomic E-state index is 4.22. The van der Waals surface area contributed by atoms with E-state index in [2.05, 4.69) is 18.8 Å². The fourth-order valence-corrected chi connectivity index (χ4v) is 0.388. The first kappa shape index (κ1) is 8.41. The van der Waals surface area contributed by atoms with Crippen molar-refractivity contribution in [3.63, 3.8) is 0 Å². The molecule has 0 aromatic heterocycles. The van der Waals surface area contributed by atoms with Gasteiger partial charge in [-0.25, -0.2) is 0 Å². The van der Waals surface area contributed by atoms with Crippen molar-refractivity contribution in [2.45, 2.75) is 33.2 Å². The van der Waals surface area contributed by atoms with Gasteiger partial charge in [-0.15, -0.1) is 0 Å². The average molecular weight is 125 g/mol. The summed E-state index contributed by atoms with van der Waals surface area (Å²) >= 11 is 0. The molecule has 0 aromatic rings. The van der Waals surface area contributed by atoms with Gasteiger partial charge in [-0.1, -0.05) is 13.0 Å². The first-order valence-electron chi connectivity index (χ1n) is 3.45. The van der Waals surface area contributed by atoms with E-state index in [0.717, 1.165) is 6.42 Å². The average Bonchev–Trinajstić information content (AvgIpc) is 1.89. The van der Waals surface area contributed by atoms with E-state index in [1.807, 2.05) is 25.3 Å². The van der Waals surface area contributed by atoms with Gasteiger partial charge in [0.1, 0.15) is 0 Å². The summed E-state index contributed by atoms with van der Waals surface area (Å²) in [6, 6.07) is 0.473. The molecule has 0 spiro atoms. The largest absolute Gasteiger partial charge is 0.290 e. The Kier molecular flexibility index (Phi) is 5.18. The van der Waals surface area contributed by atoms with Crippen LogP contribution in [-0.4, -0.2) is 12.3 Å². The number of hydrogen-bond acceptors (Lipinski definition) is 1. The Hall–Kier alpha value is -0.590. The molecule has 1 unspecified atom stereocenters. The van der Waals surface area contributed by atoms with Crippen LogP contribution in [0.5, 0.6) is 0 Å². The molecule has 1 heteroatoms. The summed E-state index contributed by atoms with van der Waals surface area (Å²) in [6.45, 7) is 6.24. The minimum absolute atomic E-state index is 0.473. The number of nitrogens with zero attached hydrogens (tertiary/aromatic N) is 1. The molecular formula is C8H15N. The molecular weight excluding hydrogens is 110 g/mol. The van der Waals surface area contributed by atoms with E-state index in [4.69, 9.17) is 0 Å². The molecule has 0 radical (unpaired) electrons. The van der Waals surface area contributed by atoms with Crippen molar-refractivity contribution in [1.82, 2.24) is 0 Å². The van der Waals surface area contributed by atoms with Gasteiger partial charge in [0.15, 0.2) is 0 Å². The SMILES string of the molecule is C/C=C/C=NC(C)CC. The van der Waals surface area contributed by atoms with Gasteiger partial charge in [0.05, 0.1) is 0 Å². The third-order valence-corrected chi connectivity index (χ3v) is 1.21. The van der Waals surface area contributed by atoms with Crippen LogP contribution in [0.25, 0.3) is 0 Å². The van der Waals surface area contributed by atoms with Gasteiger partial charge < -0.3 is 0 Å². The highest BCUT2D eigenvalue weighted by atomic mass is 14.7. The van der Waals surface area contributed by atoms with Gasteiger partial charge in [0.2, 0.25) is 0 Å². The van der Waals surface area contributed by atoms with E-state index >= 15 is 0 Å². The maximum Gasteiger partial charge on any atom is 0.0468 e. The Morgan fingerprint density at radius 3 is 2.67 bits per heavy atom. The molecule has 9 heavy (non-hydrogen) atoms. The zero-order valence-electron chi connectivity index (χ0n) is 6.46. The number of aliphatic imine (C=N–C) groups is 1. The monoisotopic (exact) mass is 125 g/mol. The van der Waals surface area contributed by atoms with Crippen LogP contribution in [0, 0.1) is 0 Å². The third-order valence-electron chi connectivity index (χ3n) is 1.21. The Labute approximate surface area is 57.5 Å². The predicted molar refractivity (Wildman–Crippen MR) is 43.1 cm³/mol. The second-order valence-corrected chi connectivity index (χ2v) is 2.08.